The van der Waals surface area contributed by atoms with Gasteiger partial charge in [-0.25, -0.2) is 0 Å². The van der Waals surface area contributed by atoms with Crippen LogP contribution in [0.25, 0.3) is 6.08 Å². The normalized spacial score (nSPS) is 13.0. The average Bonchev–Trinajstić information content (AvgIpc) is 2.14. The molecule has 0 heterocycles. The summed E-state index contributed by atoms with van der Waals surface area (Å²) >= 11 is -5.02. The first-order valence-corrected chi connectivity index (χ1v) is 9.34. The Morgan fingerprint density at radius 3 is 2.47 bits per heavy atom. The van der Waals surface area contributed by atoms with Gasteiger partial charge in [0.1, 0.15) is 0 Å². The second kappa shape index (κ2) is 4.77. The van der Waals surface area contributed by atoms with E-state index < -0.39 is 26.0 Å². The van der Waals surface area contributed by atoms with E-state index in [2.05, 4.69) is 0 Å². The Balaban J connectivity index is 2.98. The van der Waals surface area contributed by atoms with Crippen molar-refractivity contribution in [2.24, 2.45) is 0 Å². The molecule has 0 spiro atoms. The molecule has 6 heteroatoms. The molecule has 0 amide bonds. The first kappa shape index (κ1) is 12.2. The van der Waals surface area contributed by atoms with Crippen LogP contribution < -0.4 is 3.51 Å². The zero-order valence-corrected chi connectivity index (χ0v) is 10.5. The van der Waals surface area contributed by atoms with Gasteiger partial charge in [-0.1, -0.05) is 0 Å². The van der Waals surface area contributed by atoms with E-state index in [1.807, 2.05) is 0 Å². The molecule has 0 aliphatic heterocycles. The molecule has 0 bridgehead atoms. The molecule has 0 aliphatic rings. The van der Waals surface area contributed by atoms with Gasteiger partial charge in [0.25, 0.3) is 0 Å². The Labute approximate surface area is 91.6 Å². The van der Waals surface area contributed by atoms with Crippen molar-refractivity contribution in [1.82, 2.24) is 0 Å². The van der Waals surface area contributed by atoms with Crippen LogP contribution >= 0.6 is 0 Å². The first-order valence-electron chi connectivity index (χ1n) is 4.08. The molecule has 1 rings (SSSR count). The van der Waals surface area contributed by atoms with Gasteiger partial charge in [-0.05, 0) is 0 Å². The van der Waals surface area contributed by atoms with Crippen molar-refractivity contribution < 1.29 is 20.1 Å². The third kappa shape index (κ3) is 4.01. The molecule has 5 nitrogen and oxygen atoms in total. The molecule has 0 unspecified atom stereocenters. The van der Waals surface area contributed by atoms with Crippen LogP contribution in [-0.4, -0.2) is 41.3 Å². The van der Waals surface area contributed by atoms with Crippen molar-refractivity contribution in [3.63, 3.8) is 0 Å². The van der Waals surface area contributed by atoms with Crippen LogP contribution in [0.5, 0.6) is 0 Å². The van der Waals surface area contributed by atoms with E-state index >= 15 is 0 Å². The quantitative estimate of drug-likeness (QED) is 0.407. The molecule has 4 N–H and O–H groups in total. The molecular weight excluding hydrogens is 310 g/mol. The van der Waals surface area contributed by atoms with Crippen LogP contribution in [0.15, 0.2) is 30.3 Å². The van der Waals surface area contributed by atoms with E-state index in [9.17, 15) is 4.79 Å². The number of hydrogen-bond acceptors (Lipinski definition) is 4. The van der Waals surface area contributed by atoms with Gasteiger partial charge < -0.3 is 0 Å². The van der Waals surface area contributed by atoms with Crippen LogP contribution in [0.1, 0.15) is 5.56 Å². The standard InChI is InChI=1S/C9H7O2.3H2O.Sb.H/c10-9(11)7-6-8-4-2-1-3-5-8;;;;;/h1-2,4-7H,(H,10,11);3*1H2;;/q;;;;+3;/p-3. The summed E-state index contributed by atoms with van der Waals surface area (Å²) in [6, 6.07) is 5.87. The van der Waals surface area contributed by atoms with E-state index in [4.69, 9.17) is 15.3 Å². The van der Waals surface area contributed by atoms with Crippen LogP contribution in [0.2, 0.25) is 0 Å². The Hall–Kier alpha value is -0.872. The summed E-state index contributed by atoms with van der Waals surface area (Å²) in [4.78, 5) is 10.2. The van der Waals surface area contributed by atoms with Crippen LogP contribution in [0.3, 0.4) is 0 Å². The third-order valence-corrected chi connectivity index (χ3v) is 4.79. The zero-order chi connectivity index (χ0) is 11.5. The molecular formula is C9H11O5Sb. The van der Waals surface area contributed by atoms with E-state index in [1.54, 1.807) is 6.07 Å². The van der Waals surface area contributed by atoms with Crippen LogP contribution in [0.4, 0.5) is 0 Å². The van der Waals surface area contributed by atoms with Gasteiger partial charge in [0, 0.05) is 0 Å². The number of carboxylic acid groups (broad SMARTS) is 1. The van der Waals surface area contributed by atoms with Crippen molar-refractivity contribution in [3.8, 4) is 0 Å². The summed E-state index contributed by atoms with van der Waals surface area (Å²) in [6.45, 7) is 0. The Bertz CT molecular complexity index is 394. The van der Waals surface area contributed by atoms with Crippen molar-refractivity contribution in [2.45, 2.75) is 0 Å². The molecule has 1 aromatic rings. The monoisotopic (exact) mass is 320 g/mol. The minimum atomic E-state index is -5.02. The molecule has 0 aliphatic carbocycles. The number of benzene rings is 1. The summed E-state index contributed by atoms with van der Waals surface area (Å²) in [6.07, 6.45) is 2.24. The van der Waals surface area contributed by atoms with Gasteiger partial charge in [-0.2, -0.15) is 0 Å². The second-order valence-corrected chi connectivity index (χ2v) is 8.21. The van der Waals surface area contributed by atoms with E-state index in [0.29, 0.717) is 5.56 Å². The van der Waals surface area contributed by atoms with E-state index in [1.165, 1.54) is 24.3 Å². The molecule has 1 aromatic carbocycles. The van der Waals surface area contributed by atoms with Crippen LogP contribution in [-0.2, 0) is 4.79 Å². The molecule has 82 valence electrons. The van der Waals surface area contributed by atoms with Crippen molar-refractivity contribution in [3.05, 3.63) is 35.9 Å². The molecule has 0 saturated heterocycles. The maximum atomic E-state index is 10.2. The topological polar surface area (TPSA) is 98.0 Å². The second-order valence-electron chi connectivity index (χ2n) is 2.93. The van der Waals surface area contributed by atoms with Crippen molar-refractivity contribution in [1.29, 1.82) is 0 Å². The summed E-state index contributed by atoms with van der Waals surface area (Å²) < 4.78 is 27.3. The fourth-order valence-electron chi connectivity index (χ4n) is 1.02. The Kier molecular flexibility index (Phi) is 3.88. The summed E-state index contributed by atoms with van der Waals surface area (Å²) in [5.41, 5.74) is 0.494. The van der Waals surface area contributed by atoms with Crippen molar-refractivity contribution >= 4 is 35.6 Å². The summed E-state index contributed by atoms with van der Waals surface area (Å²) in [5.74, 6) is -1.09. The SMILES string of the molecule is O=C(O)C=Cc1ccc[c]([SbH]([OH])([OH])[OH])c1. The minimum absolute atomic E-state index is 0.0804. The summed E-state index contributed by atoms with van der Waals surface area (Å²) in [5, 5.41) is 8.38. The van der Waals surface area contributed by atoms with E-state index in [-0.39, 0.29) is 3.51 Å². The fourth-order valence-corrected chi connectivity index (χ4v) is 2.96. The van der Waals surface area contributed by atoms with Gasteiger partial charge in [-0.15, -0.1) is 0 Å². The predicted octanol–water partition coefficient (Wildman–Crippen LogP) is -1.36. The van der Waals surface area contributed by atoms with Gasteiger partial charge in [0.15, 0.2) is 0 Å². The van der Waals surface area contributed by atoms with Gasteiger partial charge in [0.05, 0.1) is 0 Å². The van der Waals surface area contributed by atoms with Gasteiger partial charge >= 0.3 is 91.6 Å². The first-order chi connectivity index (χ1) is 6.89. The molecule has 0 fully saturated rings. The Morgan fingerprint density at radius 2 is 1.93 bits per heavy atom. The zero-order valence-electron chi connectivity index (χ0n) is 7.66. The van der Waals surface area contributed by atoms with Crippen LogP contribution in [0, 0.1) is 0 Å². The number of carboxylic acids is 1. The summed E-state index contributed by atoms with van der Waals surface area (Å²) in [7, 11) is 0. The number of hydrogen-bond donors (Lipinski definition) is 4. The molecule has 0 aromatic heterocycles. The van der Waals surface area contributed by atoms with Crippen molar-refractivity contribution in [2.75, 3.05) is 0 Å². The number of aliphatic carboxylic acids is 1. The van der Waals surface area contributed by atoms with Gasteiger partial charge in [0.2, 0.25) is 0 Å². The average molecular weight is 321 g/mol. The Morgan fingerprint density at radius 1 is 1.27 bits per heavy atom. The van der Waals surface area contributed by atoms with E-state index in [0.717, 1.165) is 6.08 Å². The fraction of sp³-hybridized carbons (Fsp3) is 0. The number of rotatable bonds is 3. The maximum absolute atomic E-state index is 10.2. The molecule has 0 radical (unpaired) electrons. The predicted molar refractivity (Wildman–Crippen MR) is 56.6 cm³/mol. The third-order valence-electron chi connectivity index (χ3n) is 1.69. The van der Waals surface area contributed by atoms with Gasteiger partial charge in [-0.3, -0.25) is 0 Å². The molecule has 0 atom stereocenters. The number of carbonyl (C=O) groups is 1. The molecule has 0 saturated carbocycles. The molecule has 15 heavy (non-hydrogen) atoms.